The Morgan fingerprint density at radius 3 is 2.03 bits per heavy atom. The molecule has 0 aliphatic heterocycles. The summed E-state index contributed by atoms with van der Waals surface area (Å²) >= 11 is 0. The maximum atomic E-state index is 11.6. The molecule has 4 aromatic carbocycles. The Labute approximate surface area is 266 Å². The summed E-state index contributed by atoms with van der Waals surface area (Å²) in [6.07, 6.45) is 0. The largest absolute Gasteiger partial charge is 1.00 e. The summed E-state index contributed by atoms with van der Waals surface area (Å²) < 4.78 is 69.0. The monoisotopic (exact) mass is 587 g/mol. The number of non-ortho nitro benzene ring substituents is 1. The zero-order chi connectivity index (χ0) is 27.0. The van der Waals surface area contributed by atoms with E-state index in [0.717, 1.165) is 18.2 Å². The molecule has 0 aliphatic carbocycles. The van der Waals surface area contributed by atoms with Crippen LogP contribution in [-0.2, 0) is 20.2 Å². The molecule has 0 aliphatic rings. The van der Waals surface area contributed by atoms with E-state index in [4.69, 9.17) is 5.73 Å². The van der Waals surface area contributed by atoms with E-state index in [1.54, 1.807) is 6.07 Å². The van der Waals surface area contributed by atoms with Crippen LogP contribution in [0.5, 0.6) is 0 Å². The molecule has 0 heterocycles. The summed E-state index contributed by atoms with van der Waals surface area (Å²) in [6.45, 7) is 0. The van der Waals surface area contributed by atoms with Gasteiger partial charge in [0.25, 0.3) is 5.69 Å². The minimum Gasteiger partial charge on any atom is -0.744 e. The van der Waals surface area contributed by atoms with E-state index >= 15 is 0 Å². The van der Waals surface area contributed by atoms with E-state index in [2.05, 4.69) is 15.5 Å². The van der Waals surface area contributed by atoms with Gasteiger partial charge in [-0.25, -0.2) is 16.8 Å². The molecule has 0 saturated heterocycles. The summed E-state index contributed by atoms with van der Waals surface area (Å²) in [5.41, 5.74) is 6.55. The Bertz CT molecular complexity index is 1800. The number of nitrogens with one attached hydrogen (secondary N) is 1. The number of hydrogen-bond donors (Lipinski definition) is 2. The second-order valence-corrected chi connectivity index (χ2v) is 10.3. The molecule has 17 heteroatoms. The minimum atomic E-state index is -5.01. The van der Waals surface area contributed by atoms with Crippen LogP contribution in [0, 0.1) is 10.1 Å². The van der Waals surface area contributed by atoms with Gasteiger partial charge >= 0.3 is 59.1 Å². The third-order valence-corrected chi connectivity index (χ3v) is 6.86. The molecule has 190 valence electrons. The number of fused-ring (bicyclic) bond motifs is 1. The maximum Gasteiger partial charge on any atom is 1.00 e. The summed E-state index contributed by atoms with van der Waals surface area (Å²) in [7, 11) is -9.71. The van der Waals surface area contributed by atoms with Gasteiger partial charge in [0.05, 0.1) is 31.8 Å². The van der Waals surface area contributed by atoms with Crippen LogP contribution < -0.4 is 70.2 Å². The second-order valence-electron chi connectivity index (χ2n) is 7.60. The van der Waals surface area contributed by atoms with Crippen molar-refractivity contribution in [2.75, 3.05) is 11.1 Å². The average molecular weight is 588 g/mol. The topological polar surface area (TPSA) is 220 Å². The predicted octanol–water partition coefficient (Wildman–Crippen LogP) is -1.69. The fourth-order valence-corrected chi connectivity index (χ4v) is 4.54. The van der Waals surface area contributed by atoms with Gasteiger partial charge in [-0.2, -0.15) is 5.11 Å². The number of anilines is 3. The number of nitrogens with two attached hydrogens (primary N) is 1. The van der Waals surface area contributed by atoms with Crippen LogP contribution >= 0.6 is 0 Å². The smallest absolute Gasteiger partial charge is 0.744 e. The van der Waals surface area contributed by atoms with Gasteiger partial charge in [-0.3, -0.25) is 10.1 Å². The molecule has 0 unspecified atom stereocenters. The summed E-state index contributed by atoms with van der Waals surface area (Å²) in [6, 6.07) is 15.7. The maximum absolute atomic E-state index is 11.6. The molecular weight excluding hydrogens is 572 g/mol. The van der Waals surface area contributed by atoms with Crippen molar-refractivity contribution in [1.82, 2.24) is 0 Å². The minimum absolute atomic E-state index is 0. The molecule has 0 fully saturated rings. The molecule has 4 aromatic rings. The number of azo groups is 1. The van der Waals surface area contributed by atoms with Crippen LogP contribution in [0.25, 0.3) is 10.8 Å². The molecule has 0 saturated carbocycles. The zero-order valence-corrected chi connectivity index (χ0v) is 26.1. The van der Waals surface area contributed by atoms with Crippen molar-refractivity contribution in [2.45, 2.75) is 9.79 Å². The first-order valence-corrected chi connectivity index (χ1v) is 13.0. The van der Waals surface area contributed by atoms with Crippen molar-refractivity contribution >= 4 is 65.1 Å². The Hall–Kier alpha value is -2.44. The molecule has 0 atom stereocenters. The number of benzene rings is 4. The van der Waals surface area contributed by atoms with E-state index < -0.39 is 40.6 Å². The molecule has 13 nitrogen and oxygen atoms in total. The van der Waals surface area contributed by atoms with E-state index in [9.17, 15) is 36.1 Å². The van der Waals surface area contributed by atoms with Crippen molar-refractivity contribution in [3.8, 4) is 0 Å². The van der Waals surface area contributed by atoms with Gasteiger partial charge in [-0.05, 0) is 54.6 Å². The fourth-order valence-electron chi connectivity index (χ4n) is 3.39. The van der Waals surface area contributed by atoms with E-state index in [1.165, 1.54) is 42.5 Å². The quantitative estimate of drug-likeness (QED) is 0.0623. The SMILES string of the molecule is Nc1ccc(N=Nc2ccc(Nc3ccc([N+](=O)[O-])cc3S(=O)(=O)[O-])cc2)c2cc(S(=O)(=O)[O-])ccc12.[Na+].[Na+]. The van der Waals surface area contributed by atoms with E-state index in [-0.39, 0.29) is 70.5 Å². The van der Waals surface area contributed by atoms with Crippen LogP contribution in [-0.4, -0.2) is 30.9 Å². The molecule has 39 heavy (non-hydrogen) atoms. The standard InChI is InChI=1S/C22H17N5O8S2.2Na/c23-19-8-10-20(18-12-16(36(30,31)32)6-7-17(18)19)26-25-14-3-1-13(2-4-14)24-21-9-5-15(27(28)29)11-22(21)37(33,34)35;;/h1-12,24H,23H2,(H,30,31,32)(H,33,34,35);;/q;2*+1/p-2. The van der Waals surface area contributed by atoms with Crippen LogP contribution in [0.1, 0.15) is 0 Å². The number of nitrogen functional groups attached to an aromatic ring is 1. The molecule has 0 radical (unpaired) electrons. The number of rotatable bonds is 7. The average Bonchev–Trinajstić information content (AvgIpc) is 2.83. The Morgan fingerprint density at radius 2 is 1.44 bits per heavy atom. The predicted molar refractivity (Wildman–Crippen MR) is 131 cm³/mol. The number of nitrogens with zero attached hydrogens (tertiary/aromatic N) is 3. The van der Waals surface area contributed by atoms with Crippen molar-refractivity contribution < 1.29 is 90.0 Å². The van der Waals surface area contributed by atoms with Crippen LogP contribution in [0.15, 0.2) is 92.8 Å². The second kappa shape index (κ2) is 12.8. The first kappa shape index (κ1) is 32.8. The third kappa shape index (κ3) is 7.82. The van der Waals surface area contributed by atoms with Gasteiger partial charge in [0.15, 0.2) is 0 Å². The summed E-state index contributed by atoms with van der Waals surface area (Å²) in [5.74, 6) is 0. The Balaban J connectivity index is 0.00000267. The van der Waals surface area contributed by atoms with E-state index in [0.29, 0.717) is 33.9 Å². The van der Waals surface area contributed by atoms with Crippen LogP contribution in [0.2, 0.25) is 0 Å². The first-order valence-electron chi connectivity index (χ1n) is 10.1. The molecule has 3 N–H and O–H groups in total. The van der Waals surface area contributed by atoms with Crippen LogP contribution in [0.4, 0.5) is 34.1 Å². The Kier molecular flexibility index (Phi) is 10.8. The van der Waals surface area contributed by atoms with Gasteiger partial charge in [-0.15, -0.1) is 5.11 Å². The normalized spacial score (nSPS) is 11.5. The number of nitro groups is 1. The molecular formula is C22H15N5Na2O8S2. The van der Waals surface area contributed by atoms with Gasteiger partial charge in [0.1, 0.15) is 20.2 Å². The van der Waals surface area contributed by atoms with Gasteiger partial charge < -0.3 is 20.2 Å². The van der Waals surface area contributed by atoms with Gasteiger partial charge in [0.2, 0.25) is 0 Å². The van der Waals surface area contributed by atoms with Crippen molar-refractivity contribution in [1.29, 1.82) is 0 Å². The molecule has 4 rings (SSSR count). The summed E-state index contributed by atoms with van der Waals surface area (Å²) in [4.78, 5) is 8.89. The van der Waals surface area contributed by atoms with Gasteiger partial charge in [-0.1, -0.05) is 6.07 Å². The van der Waals surface area contributed by atoms with Crippen molar-refractivity contribution in [2.24, 2.45) is 10.2 Å². The van der Waals surface area contributed by atoms with Crippen molar-refractivity contribution in [3.05, 3.63) is 82.9 Å². The van der Waals surface area contributed by atoms with E-state index in [1.807, 2.05) is 0 Å². The molecule has 0 spiro atoms. The molecule has 0 aromatic heterocycles. The van der Waals surface area contributed by atoms with Gasteiger partial charge in [0, 0.05) is 34.3 Å². The molecule has 0 amide bonds. The summed E-state index contributed by atoms with van der Waals surface area (Å²) in [5, 5.41) is 22.7. The van der Waals surface area contributed by atoms with Crippen molar-refractivity contribution in [3.63, 3.8) is 0 Å². The first-order chi connectivity index (χ1) is 17.3. The molecule has 0 bridgehead atoms. The Morgan fingerprint density at radius 1 is 0.769 bits per heavy atom. The number of nitro benzene ring substituents is 1. The number of hydrogen-bond acceptors (Lipinski definition) is 12. The van der Waals surface area contributed by atoms with Crippen LogP contribution in [0.3, 0.4) is 0 Å². The third-order valence-electron chi connectivity index (χ3n) is 5.15. The fraction of sp³-hybridized carbons (Fsp3) is 0. The zero-order valence-electron chi connectivity index (χ0n) is 20.4.